The van der Waals surface area contributed by atoms with Gasteiger partial charge in [-0.05, 0) is 62.4 Å². The summed E-state index contributed by atoms with van der Waals surface area (Å²) in [6.07, 6.45) is 5.39. The number of hydrogen-bond acceptors (Lipinski definition) is 5. The van der Waals surface area contributed by atoms with Gasteiger partial charge in [0.05, 0.1) is 11.2 Å². The van der Waals surface area contributed by atoms with Gasteiger partial charge in [0.25, 0.3) is 0 Å². The van der Waals surface area contributed by atoms with Crippen LogP contribution in [0.3, 0.4) is 0 Å². The quantitative estimate of drug-likeness (QED) is 0.134. The van der Waals surface area contributed by atoms with Crippen molar-refractivity contribution in [1.29, 1.82) is 0 Å². The predicted octanol–water partition coefficient (Wildman–Crippen LogP) is 7.94. The molecule has 0 N–H and O–H groups in total. The maximum absolute atomic E-state index is 6.03. The molecule has 46 heavy (non-hydrogen) atoms. The topological polar surface area (TPSA) is 57.1 Å². The molecule has 7 rings (SSSR count). The van der Waals surface area contributed by atoms with Crippen molar-refractivity contribution in [3.8, 4) is 33.8 Å². The Labute approximate surface area is 286 Å². The van der Waals surface area contributed by atoms with Gasteiger partial charge < -0.3 is 24.3 Å². The zero-order chi connectivity index (χ0) is 31.5. The predicted molar refractivity (Wildman–Crippen MR) is 181 cm³/mol. The fourth-order valence-electron chi connectivity index (χ4n) is 4.39. The first-order chi connectivity index (χ1) is 21.8. The van der Waals surface area contributed by atoms with Crippen molar-refractivity contribution in [2.24, 2.45) is 0 Å². The summed E-state index contributed by atoms with van der Waals surface area (Å²) in [5.41, 5.74) is 6.18. The Morgan fingerprint density at radius 2 is 0.913 bits per heavy atom. The SMILES string of the molecule is CC1(C)OB(c2ccc(-c3[c-]cccc3)nc2)OC1(C)C.[Ir+3].[c-]1ccccc1-c1ccccn1.[c-]1ccccc1-c1ccccn1. The van der Waals surface area contributed by atoms with E-state index in [1.165, 1.54) is 0 Å². The third-order valence-corrected chi connectivity index (χ3v) is 7.60. The molecule has 0 spiro atoms. The smallest absolute Gasteiger partial charge is 0.399 e. The van der Waals surface area contributed by atoms with E-state index in [1.807, 2.05) is 155 Å². The summed E-state index contributed by atoms with van der Waals surface area (Å²) in [6.45, 7) is 8.20. The van der Waals surface area contributed by atoms with Crippen molar-refractivity contribution in [2.45, 2.75) is 38.9 Å². The summed E-state index contributed by atoms with van der Waals surface area (Å²) >= 11 is 0. The minimum atomic E-state index is -0.365. The first-order valence-corrected chi connectivity index (χ1v) is 14.9. The van der Waals surface area contributed by atoms with Gasteiger partial charge >= 0.3 is 27.2 Å². The molecule has 1 aliphatic rings. The van der Waals surface area contributed by atoms with Crippen LogP contribution in [0.2, 0.25) is 0 Å². The number of aromatic nitrogens is 3. The van der Waals surface area contributed by atoms with Crippen LogP contribution in [0.4, 0.5) is 0 Å². The third-order valence-electron chi connectivity index (χ3n) is 7.60. The van der Waals surface area contributed by atoms with Crippen LogP contribution in [0.5, 0.6) is 0 Å². The molecule has 1 fully saturated rings. The summed E-state index contributed by atoms with van der Waals surface area (Å²) < 4.78 is 12.1. The zero-order valence-electron chi connectivity index (χ0n) is 26.3. The van der Waals surface area contributed by atoms with Crippen LogP contribution in [-0.2, 0) is 29.4 Å². The second kappa shape index (κ2) is 16.3. The van der Waals surface area contributed by atoms with E-state index < -0.39 is 0 Å². The third kappa shape index (κ3) is 9.15. The van der Waals surface area contributed by atoms with Gasteiger partial charge in [0, 0.05) is 18.6 Å². The summed E-state index contributed by atoms with van der Waals surface area (Å²) in [5.74, 6) is 0. The van der Waals surface area contributed by atoms with Crippen molar-refractivity contribution in [3.63, 3.8) is 0 Å². The van der Waals surface area contributed by atoms with E-state index in [9.17, 15) is 0 Å². The second-order valence-corrected chi connectivity index (χ2v) is 11.3. The average molecular weight is 781 g/mol. The normalized spacial score (nSPS) is 14.0. The van der Waals surface area contributed by atoms with Crippen LogP contribution in [0.1, 0.15) is 27.7 Å². The van der Waals surface area contributed by atoms with Gasteiger partial charge in [0.1, 0.15) is 0 Å². The maximum atomic E-state index is 6.03. The molecule has 0 saturated carbocycles. The van der Waals surface area contributed by atoms with E-state index in [-0.39, 0.29) is 38.4 Å². The molecule has 0 amide bonds. The molecule has 0 radical (unpaired) electrons. The minimum absolute atomic E-state index is 0. The van der Waals surface area contributed by atoms with E-state index in [4.69, 9.17) is 9.31 Å². The first-order valence-electron chi connectivity index (χ1n) is 14.9. The molecule has 3 aromatic heterocycles. The number of pyridine rings is 3. The Morgan fingerprint density at radius 3 is 1.24 bits per heavy atom. The Hall–Kier alpha value is -4.26. The molecule has 6 aromatic rings. The van der Waals surface area contributed by atoms with Crippen LogP contribution in [0, 0.1) is 18.2 Å². The van der Waals surface area contributed by atoms with Crippen LogP contribution in [-0.4, -0.2) is 33.3 Å². The van der Waals surface area contributed by atoms with Crippen molar-refractivity contribution < 1.29 is 29.4 Å². The van der Waals surface area contributed by atoms with Crippen molar-refractivity contribution in [3.05, 3.63) is 158 Å². The van der Waals surface area contributed by atoms with Gasteiger partial charge in [-0.25, -0.2) is 0 Å². The Bertz CT molecular complexity index is 1560. The second-order valence-electron chi connectivity index (χ2n) is 11.3. The van der Waals surface area contributed by atoms with E-state index in [2.05, 4.69) is 33.2 Å². The minimum Gasteiger partial charge on any atom is -0.399 e. The monoisotopic (exact) mass is 781 g/mol. The van der Waals surface area contributed by atoms with Gasteiger partial charge in [-0.1, -0.05) is 36.4 Å². The van der Waals surface area contributed by atoms with Gasteiger partial charge in [-0.3, -0.25) is 0 Å². The molecular weight excluding hydrogens is 745 g/mol. The van der Waals surface area contributed by atoms with Crippen molar-refractivity contribution in [1.82, 2.24) is 15.0 Å². The number of nitrogens with zero attached hydrogens (tertiary/aromatic N) is 3. The summed E-state index contributed by atoms with van der Waals surface area (Å²) in [5, 5.41) is 0. The molecule has 0 atom stereocenters. The first kappa shape index (κ1) is 34.6. The molecule has 7 heteroatoms. The van der Waals surface area contributed by atoms with Gasteiger partial charge in [-0.15, -0.1) is 108 Å². The van der Waals surface area contributed by atoms with Crippen molar-refractivity contribution in [2.75, 3.05) is 0 Å². The standard InChI is InChI=1S/C17H19BNO2.2C11H8N.Ir/c1-16(2)17(3,4)21-18(20-16)14-10-11-15(19-12-14)13-8-6-5-7-9-13;2*1-2-6-10(7-3-1)11-8-4-5-9-12-11;/h5-8,10-12H,1-4H3;2*1-6,8-9H;/q3*-1;+3. The van der Waals surface area contributed by atoms with Crippen LogP contribution < -0.4 is 5.46 Å². The summed E-state index contributed by atoms with van der Waals surface area (Å²) in [6, 6.07) is 48.6. The molecular formula is C39H35BIrN3O2. The molecule has 0 bridgehead atoms. The van der Waals surface area contributed by atoms with Gasteiger partial charge in [-0.2, -0.15) is 0 Å². The van der Waals surface area contributed by atoms with Gasteiger partial charge in [0.15, 0.2) is 0 Å². The van der Waals surface area contributed by atoms with Gasteiger partial charge in [0.2, 0.25) is 0 Å². The van der Waals surface area contributed by atoms with E-state index in [0.29, 0.717) is 0 Å². The van der Waals surface area contributed by atoms with E-state index in [1.54, 1.807) is 12.4 Å². The molecule has 230 valence electrons. The van der Waals surface area contributed by atoms with Crippen LogP contribution in [0.15, 0.2) is 140 Å². The molecule has 5 nitrogen and oxygen atoms in total. The molecule has 1 saturated heterocycles. The zero-order valence-corrected chi connectivity index (χ0v) is 28.7. The number of rotatable bonds is 4. The largest absolute Gasteiger partial charge is 3.00 e. The fraction of sp³-hybridized carbons (Fsp3) is 0.154. The van der Waals surface area contributed by atoms with E-state index in [0.717, 1.165) is 39.2 Å². The molecule has 3 aromatic carbocycles. The Balaban J connectivity index is 0.000000165. The average Bonchev–Trinajstić information content (AvgIpc) is 3.33. The van der Waals surface area contributed by atoms with Crippen LogP contribution in [0.25, 0.3) is 33.8 Å². The molecule has 0 unspecified atom stereocenters. The molecule has 1 aliphatic heterocycles. The molecule has 0 aliphatic carbocycles. The maximum Gasteiger partial charge on any atom is 3.00 e. The van der Waals surface area contributed by atoms with E-state index >= 15 is 0 Å². The number of hydrogen-bond donors (Lipinski definition) is 0. The Morgan fingerprint density at radius 1 is 0.500 bits per heavy atom. The van der Waals surface area contributed by atoms with Crippen LogP contribution >= 0.6 is 0 Å². The Kier molecular flexibility index (Phi) is 12.3. The number of benzene rings is 3. The fourth-order valence-corrected chi connectivity index (χ4v) is 4.39. The summed E-state index contributed by atoms with van der Waals surface area (Å²) in [7, 11) is -0.365. The van der Waals surface area contributed by atoms with Crippen molar-refractivity contribution >= 4 is 12.6 Å². The summed E-state index contributed by atoms with van der Waals surface area (Å²) in [4.78, 5) is 12.9. The molecule has 4 heterocycles.